The number of thioether (sulfide) groups is 1. The molecule has 1 aliphatic carbocycles. The normalized spacial score (nSPS) is 14.6. The number of benzene rings is 1. The maximum atomic E-state index is 12.0. The number of amides is 1. The number of hydrogen-bond donors (Lipinski definition) is 1. The maximum Gasteiger partial charge on any atom is 0.230 e. The summed E-state index contributed by atoms with van der Waals surface area (Å²) in [7, 11) is 1.84. The lowest BCUT2D eigenvalue weighted by Crippen LogP contribution is -2.33. The molecule has 1 aromatic carbocycles. The fraction of sp³-hybridized carbons (Fsp3) is 0.471. The van der Waals surface area contributed by atoms with Gasteiger partial charge in [-0.25, -0.2) is 0 Å². The smallest absolute Gasteiger partial charge is 0.230 e. The lowest BCUT2D eigenvalue weighted by atomic mass is 10.2. The highest BCUT2D eigenvalue weighted by Gasteiger charge is 2.18. The predicted octanol–water partition coefficient (Wildman–Crippen LogP) is 3.85. The number of nitrogens with one attached hydrogen (secondary N) is 1. The van der Waals surface area contributed by atoms with Crippen molar-refractivity contribution in [2.24, 2.45) is 7.05 Å². The van der Waals surface area contributed by atoms with Crippen molar-refractivity contribution >= 4 is 40.9 Å². The molecular weight excluding hydrogens is 395 g/mol. The van der Waals surface area contributed by atoms with E-state index in [0.29, 0.717) is 38.6 Å². The Bertz CT molecular complexity index is 778. The third-order valence-corrected chi connectivity index (χ3v) is 5.80. The summed E-state index contributed by atoms with van der Waals surface area (Å²) >= 11 is 13.4. The van der Waals surface area contributed by atoms with Crippen molar-refractivity contribution in [3.8, 4) is 5.75 Å². The van der Waals surface area contributed by atoms with Crippen molar-refractivity contribution in [2.75, 3.05) is 5.75 Å². The highest BCUT2D eigenvalue weighted by molar-refractivity contribution is 7.99. The highest BCUT2D eigenvalue weighted by atomic mass is 35.5. The molecule has 1 saturated carbocycles. The van der Waals surface area contributed by atoms with Crippen LogP contribution in [0, 0.1) is 0 Å². The molecule has 1 fully saturated rings. The zero-order chi connectivity index (χ0) is 18.5. The molecule has 1 N–H and O–H groups in total. The number of aromatic nitrogens is 3. The first-order chi connectivity index (χ1) is 12.5. The highest BCUT2D eigenvalue weighted by Crippen LogP contribution is 2.28. The van der Waals surface area contributed by atoms with Crippen molar-refractivity contribution in [1.29, 1.82) is 0 Å². The van der Waals surface area contributed by atoms with Crippen molar-refractivity contribution in [3.05, 3.63) is 34.1 Å². The van der Waals surface area contributed by atoms with Gasteiger partial charge in [0.25, 0.3) is 0 Å². The number of carbonyl (C=O) groups is 1. The molecule has 0 unspecified atom stereocenters. The Morgan fingerprint density at radius 2 is 2.12 bits per heavy atom. The molecule has 0 spiro atoms. The topological polar surface area (TPSA) is 69.0 Å². The van der Waals surface area contributed by atoms with Crippen molar-refractivity contribution in [3.63, 3.8) is 0 Å². The number of carbonyl (C=O) groups excluding carboxylic acids is 1. The number of halogens is 2. The van der Waals surface area contributed by atoms with E-state index in [1.54, 1.807) is 18.2 Å². The van der Waals surface area contributed by atoms with Crippen LogP contribution in [-0.2, 0) is 18.4 Å². The monoisotopic (exact) mass is 414 g/mol. The summed E-state index contributed by atoms with van der Waals surface area (Å²) in [5, 5.41) is 13.0. The quantitative estimate of drug-likeness (QED) is 0.696. The largest absolute Gasteiger partial charge is 0.484 e. The van der Waals surface area contributed by atoms with Crippen LogP contribution in [0.15, 0.2) is 23.4 Å². The van der Waals surface area contributed by atoms with E-state index in [0.717, 1.165) is 12.8 Å². The van der Waals surface area contributed by atoms with Gasteiger partial charge in [0.1, 0.15) is 12.4 Å². The van der Waals surface area contributed by atoms with Crippen LogP contribution in [0.3, 0.4) is 0 Å². The standard InChI is InChI=1S/C17H20Cl2N4O2S/c1-23-15(9-25-14-8-11(18)6-7-13(14)19)21-22-17(23)26-10-16(24)20-12-4-2-3-5-12/h6-8,12H,2-5,9-10H2,1H3,(H,20,24). The SMILES string of the molecule is Cn1c(COc2cc(Cl)ccc2Cl)nnc1SCC(=O)NC1CCCC1. The van der Waals surface area contributed by atoms with Gasteiger partial charge >= 0.3 is 0 Å². The van der Waals surface area contributed by atoms with Crippen LogP contribution >= 0.6 is 35.0 Å². The maximum absolute atomic E-state index is 12.0. The Balaban J connectivity index is 1.52. The van der Waals surface area contributed by atoms with E-state index in [1.807, 2.05) is 11.6 Å². The van der Waals surface area contributed by atoms with Gasteiger partial charge in [0.2, 0.25) is 5.91 Å². The van der Waals surface area contributed by atoms with Crippen LogP contribution in [0.25, 0.3) is 0 Å². The van der Waals surface area contributed by atoms with Crippen molar-refractivity contribution in [2.45, 2.75) is 43.5 Å². The summed E-state index contributed by atoms with van der Waals surface area (Å²) in [5.74, 6) is 1.49. The molecule has 1 aromatic heterocycles. The van der Waals surface area contributed by atoms with Crippen LogP contribution in [0.1, 0.15) is 31.5 Å². The molecule has 0 radical (unpaired) electrons. The van der Waals surface area contributed by atoms with E-state index >= 15 is 0 Å². The van der Waals surface area contributed by atoms with E-state index in [2.05, 4.69) is 15.5 Å². The average molecular weight is 415 g/mol. The fourth-order valence-corrected chi connectivity index (χ4v) is 3.87. The molecule has 0 bridgehead atoms. The number of nitrogens with zero attached hydrogens (tertiary/aromatic N) is 3. The summed E-state index contributed by atoms with van der Waals surface area (Å²) in [4.78, 5) is 12.0. The lowest BCUT2D eigenvalue weighted by Gasteiger charge is -2.11. The van der Waals surface area contributed by atoms with Gasteiger partial charge in [0.15, 0.2) is 11.0 Å². The van der Waals surface area contributed by atoms with Gasteiger partial charge < -0.3 is 14.6 Å². The van der Waals surface area contributed by atoms with E-state index < -0.39 is 0 Å². The second kappa shape index (κ2) is 8.97. The minimum atomic E-state index is 0.0356. The second-order valence-corrected chi connectivity index (χ2v) is 7.94. The molecule has 0 aliphatic heterocycles. The Kier molecular flexibility index (Phi) is 6.67. The van der Waals surface area contributed by atoms with Crippen LogP contribution in [0.4, 0.5) is 0 Å². The van der Waals surface area contributed by atoms with Gasteiger partial charge in [-0.3, -0.25) is 4.79 Å². The van der Waals surface area contributed by atoms with Gasteiger partial charge in [-0.2, -0.15) is 0 Å². The van der Waals surface area contributed by atoms with E-state index in [1.165, 1.54) is 24.6 Å². The average Bonchev–Trinajstić information content (AvgIpc) is 3.24. The van der Waals surface area contributed by atoms with Crippen LogP contribution < -0.4 is 10.1 Å². The van der Waals surface area contributed by atoms with Gasteiger partial charge in [-0.05, 0) is 25.0 Å². The summed E-state index contributed by atoms with van der Waals surface area (Å²) < 4.78 is 7.50. The summed E-state index contributed by atoms with van der Waals surface area (Å²) in [5.41, 5.74) is 0. The molecule has 140 valence electrons. The zero-order valence-corrected chi connectivity index (χ0v) is 16.7. The number of rotatable bonds is 7. The van der Waals surface area contributed by atoms with Gasteiger partial charge in [-0.15, -0.1) is 10.2 Å². The summed E-state index contributed by atoms with van der Waals surface area (Å²) in [6.45, 7) is 0.207. The summed E-state index contributed by atoms with van der Waals surface area (Å²) in [6.07, 6.45) is 4.55. The molecule has 26 heavy (non-hydrogen) atoms. The molecule has 0 saturated heterocycles. The molecule has 6 nitrogen and oxygen atoms in total. The van der Waals surface area contributed by atoms with Crippen LogP contribution in [-0.4, -0.2) is 32.5 Å². The van der Waals surface area contributed by atoms with E-state index in [-0.39, 0.29) is 12.5 Å². The second-order valence-electron chi connectivity index (χ2n) is 6.16. The Morgan fingerprint density at radius 1 is 1.35 bits per heavy atom. The van der Waals surface area contributed by atoms with Crippen LogP contribution in [0.5, 0.6) is 5.75 Å². The molecule has 1 amide bonds. The molecule has 9 heteroatoms. The van der Waals surface area contributed by atoms with Crippen molar-refractivity contribution in [1.82, 2.24) is 20.1 Å². The summed E-state index contributed by atoms with van der Waals surface area (Å²) in [6, 6.07) is 5.36. The third kappa shape index (κ3) is 5.05. The first kappa shape index (κ1) is 19.3. The zero-order valence-electron chi connectivity index (χ0n) is 14.4. The third-order valence-electron chi connectivity index (χ3n) is 4.23. The Labute approximate surface area is 166 Å². The van der Waals surface area contributed by atoms with Gasteiger partial charge in [0, 0.05) is 24.2 Å². The van der Waals surface area contributed by atoms with Gasteiger partial charge in [0.05, 0.1) is 10.8 Å². The fourth-order valence-electron chi connectivity index (χ4n) is 2.80. The Hall–Kier alpha value is -1.44. The minimum absolute atomic E-state index is 0.0356. The first-order valence-corrected chi connectivity index (χ1v) is 10.2. The lowest BCUT2D eigenvalue weighted by molar-refractivity contribution is -0.119. The number of ether oxygens (including phenoxy) is 1. The van der Waals surface area contributed by atoms with Crippen molar-refractivity contribution < 1.29 is 9.53 Å². The van der Waals surface area contributed by atoms with Crippen LogP contribution in [0.2, 0.25) is 10.0 Å². The number of hydrogen-bond acceptors (Lipinski definition) is 5. The van der Waals surface area contributed by atoms with Gasteiger partial charge in [-0.1, -0.05) is 47.8 Å². The molecule has 3 rings (SSSR count). The molecule has 0 atom stereocenters. The molecular formula is C17H20Cl2N4O2S. The minimum Gasteiger partial charge on any atom is -0.484 e. The molecule has 1 heterocycles. The van der Waals surface area contributed by atoms with E-state index in [4.69, 9.17) is 27.9 Å². The predicted molar refractivity (Wildman–Crippen MR) is 103 cm³/mol. The van der Waals surface area contributed by atoms with E-state index in [9.17, 15) is 4.79 Å². The Morgan fingerprint density at radius 3 is 2.88 bits per heavy atom. The first-order valence-electron chi connectivity index (χ1n) is 8.41. The molecule has 1 aliphatic rings. The molecule has 2 aromatic rings.